The molecule has 1 aliphatic heterocycles. The van der Waals surface area contributed by atoms with Gasteiger partial charge in [0.25, 0.3) is 0 Å². The molecule has 0 saturated carbocycles. The van der Waals surface area contributed by atoms with Crippen molar-refractivity contribution < 1.29 is 17.5 Å². The maximum atomic E-state index is 13.0. The minimum absolute atomic E-state index is 0.232. The van der Waals surface area contributed by atoms with Crippen LogP contribution in [-0.2, 0) is 16.4 Å². The zero-order valence-electron chi connectivity index (χ0n) is 14.2. The summed E-state index contributed by atoms with van der Waals surface area (Å²) in [4.78, 5) is 0.297. The molecule has 0 aliphatic carbocycles. The molecule has 0 bridgehead atoms. The molecule has 4 nitrogen and oxygen atoms in total. The van der Waals surface area contributed by atoms with E-state index in [1.807, 2.05) is 0 Å². The highest BCUT2D eigenvalue weighted by Gasteiger charge is 2.29. The Labute approximate surface area is 148 Å². The molecular weight excluding hydrogens is 341 g/mol. The van der Waals surface area contributed by atoms with Crippen LogP contribution in [0.2, 0.25) is 0 Å². The van der Waals surface area contributed by atoms with Gasteiger partial charge < -0.3 is 4.74 Å². The van der Waals surface area contributed by atoms with Crippen LogP contribution in [0.1, 0.15) is 18.4 Å². The van der Waals surface area contributed by atoms with Crippen molar-refractivity contribution in [1.82, 2.24) is 4.31 Å². The summed E-state index contributed by atoms with van der Waals surface area (Å²) in [7, 11) is -1.91. The number of ether oxygens (including phenoxy) is 1. The third kappa shape index (κ3) is 4.19. The van der Waals surface area contributed by atoms with E-state index in [4.69, 9.17) is 4.74 Å². The summed E-state index contributed by atoms with van der Waals surface area (Å²) in [5.74, 6) is 0.828. The Bertz CT molecular complexity index is 796. The summed E-state index contributed by atoms with van der Waals surface area (Å²) in [5, 5.41) is 0. The molecular formula is C19H22FNO3S. The van der Waals surface area contributed by atoms with Gasteiger partial charge in [-0.05, 0) is 67.1 Å². The molecule has 3 rings (SSSR count). The van der Waals surface area contributed by atoms with Gasteiger partial charge in [-0.1, -0.05) is 12.1 Å². The predicted octanol–water partition coefficient (Wildman–Crippen LogP) is 3.48. The smallest absolute Gasteiger partial charge is 0.243 e. The van der Waals surface area contributed by atoms with Crippen LogP contribution >= 0.6 is 0 Å². The Morgan fingerprint density at radius 3 is 2.20 bits per heavy atom. The maximum Gasteiger partial charge on any atom is 0.243 e. The fourth-order valence-corrected chi connectivity index (χ4v) is 4.67. The number of benzene rings is 2. The van der Waals surface area contributed by atoms with Crippen LogP contribution < -0.4 is 4.74 Å². The van der Waals surface area contributed by atoms with Crippen LogP contribution in [0.4, 0.5) is 4.39 Å². The number of rotatable bonds is 5. The van der Waals surface area contributed by atoms with Gasteiger partial charge in [-0.25, -0.2) is 12.8 Å². The number of piperidine rings is 1. The molecule has 2 aromatic carbocycles. The Hall–Kier alpha value is -1.92. The van der Waals surface area contributed by atoms with E-state index in [0.29, 0.717) is 29.7 Å². The monoisotopic (exact) mass is 363 g/mol. The third-order valence-corrected chi connectivity index (χ3v) is 6.62. The second kappa shape index (κ2) is 7.54. The van der Waals surface area contributed by atoms with E-state index in [9.17, 15) is 12.8 Å². The Morgan fingerprint density at radius 2 is 1.64 bits per heavy atom. The number of methoxy groups -OCH3 is 1. The van der Waals surface area contributed by atoms with Crippen LogP contribution in [0.5, 0.6) is 5.75 Å². The first-order valence-corrected chi connectivity index (χ1v) is 9.81. The summed E-state index contributed by atoms with van der Waals surface area (Å²) in [6.07, 6.45) is 2.48. The highest BCUT2D eigenvalue weighted by molar-refractivity contribution is 7.89. The molecule has 1 fully saturated rings. The first-order valence-electron chi connectivity index (χ1n) is 8.37. The van der Waals surface area contributed by atoms with Gasteiger partial charge in [0.15, 0.2) is 0 Å². The third-order valence-electron chi connectivity index (χ3n) is 4.71. The fraction of sp³-hybridized carbons (Fsp3) is 0.368. The fourth-order valence-electron chi connectivity index (χ4n) is 3.20. The van der Waals surface area contributed by atoms with E-state index in [1.165, 1.54) is 12.1 Å². The van der Waals surface area contributed by atoms with Crippen LogP contribution in [0.3, 0.4) is 0 Å². The molecule has 0 atom stereocenters. The van der Waals surface area contributed by atoms with Crippen molar-refractivity contribution in [2.24, 2.45) is 5.92 Å². The Morgan fingerprint density at radius 1 is 1.04 bits per heavy atom. The lowest BCUT2D eigenvalue weighted by atomic mass is 9.91. The van der Waals surface area contributed by atoms with Gasteiger partial charge in [0.05, 0.1) is 12.0 Å². The van der Waals surface area contributed by atoms with Crippen molar-refractivity contribution >= 4 is 10.0 Å². The number of hydrogen-bond acceptors (Lipinski definition) is 3. The molecule has 1 heterocycles. The maximum absolute atomic E-state index is 13.0. The van der Waals surface area contributed by atoms with E-state index in [-0.39, 0.29) is 5.82 Å². The quantitative estimate of drug-likeness (QED) is 0.817. The second-order valence-electron chi connectivity index (χ2n) is 6.35. The number of halogens is 1. The van der Waals surface area contributed by atoms with E-state index >= 15 is 0 Å². The number of nitrogens with zero attached hydrogens (tertiary/aromatic N) is 1. The van der Waals surface area contributed by atoms with Crippen molar-refractivity contribution in [3.8, 4) is 5.75 Å². The van der Waals surface area contributed by atoms with Gasteiger partial charge in [0, 0.05) is 13.1 Å². The molecule has 1 aliphatic rings. The summed E-state index contributed by atoms with van der Waals surface area (Å²) in [6, 6.07) is 13.0. The molecule has 0 radical (unpaired) electrons. The van der Waals surface area contributed by atoms with Crippen molar-refractivity contribution in [1.29, 1.82) is 0 Å². The zero-order chi connectivity index (χ0) is 17.9. The average Bonchev–Trinajstić information content (AvgIpc) is 2.64. The first kappa shape index (κ1) is 17.9. The Kier molecular flexibility index (Phi) is 5.39. The molecule has 1 saturated heterocycles. The molecule has 25 heavy (non-hydrogen) atoms. The number of hydrogen-bond donors (Lipinski definition) is 0. The Balaban J connectivity index is 1.61. The predicted molar refractivity (Wildman–Crippen MR) is 94.6 cm³/mol. The average molecular weight is 363 g/mol. The van der Waals surface area contributed by atoms with Gasteiger partial charge in [-0.2, -0.15) is 4.31 Å². The molecule has 0 unspecified atom stereocenters. The molecule has 6 heteroatoms. The minimum Gasteiger partial charge on any atom is -0.497 e. The standard InChI is InChI=1S/C19H22FNO3S/c1-24-18-6-8-19(9-7-18)25(22,23)21-12-10-16(11-13-21)14-15-2-4-17(20)5-3-15/h2-9,16H,10-14H2,1H3. The molecule has 0 amide bonds. The molecule has 0 N–H and O–H groups in total. The highest BCUT2D eigenvalue weighted by Crippen LogP contribution is 2.27. The van der Waals surface area contributed by atoms with Crippen molar-refractivity contribution in [2.75, 3.05) is 20.2 Å². The SMILES string of the molecule is COc1ccc(S(=O)(=O)N2CCC(Cc3ccc(F)cc3)CC2)cc1. The van der Waals surface area contributed by atoms with Crippen LogP contribution in [0, 0.1) is 11.7 Å². The summed E-state index contributed by atoms with van der Waals surface area (Å²) < 4.78 is 45.1. The summed E-state index contributed by atoms with van der Waals surface area (Å²) in [5.41, 5.74) is 1.10. The highest BCUT2D eigenvalue weighted by atomic mass is 32.2. The van der Waals surface area contributed by atoms with E-state index < -0.39 is 10.0 Å². The summed E-state index contributed by atoms with van der Waals surface area (Å²) in [6.45, 7) is 1.03. The van der Waals surface area contributed by atoms with Gasteiger partial charge >= 0.3 is 0 Å². The van der Waals surface area contributed by atoms with Gasteiger partial charge in [-0.3, -0.25) is 0 Å². The zero-order valence-corrected chi connectivity index (χ0v) is 15.0. The lowest BCUT2D eigenvalue weighted by Crippen LogP contribution is -2.38. The second-order valence-corrected chi connectivity index (χ2v) is 8.29. The van der Waals surface area contributed by atoms with Gasteiger partial charge in [0.2, 0.25) is 10.0 Å². The summed E-state index contributed by atoms with van der Waals surface area (Å²) >= 11 is 0. The first-order chi connectivity index (χ1) is 12.0. The lowest BCUT2D eigenvalue weighted by Gasteiger charge is -2.31. The molecule has 0 aromatic heterocycles. The van der Waals surface area contributed by atoms with Gasteiger partial charge in [-0.15, -0.1) is 0 Å². The van der Waals surface area contributed by atoms with Crippen LogP contribution in [-0.4, -0.2) is 32.9 Å². The largest absolute Gasteiger partial charge is 0.497 e. The van der Waals surface area contributed by atoms with E-state index in [0.717, 1.165) is 24.8 Å². The normalized spacial score (nSPS) is 16.7. The minimum atomic E-state index is -3.46. The van der Waals surface area contributed by atoms with Crippen molar-refractivity contribution in [3.63, 3.8) is 0 Å². The van der Waals surface area contributed by atoms with Crippen LogP contribution in [0.15, 0.2) is 53.4 Å². The lowest BCUT2D eigenvalue weighted by molar-refractivity contribution is 0.273. The molecule has 134 valence electrons. The van der Waals surface area contributed by atoms with E-state index in [1.54, 1.807) is 47.8 Å². The van der Waals surface area contributed by atoms with Crippen molar-refractivity contribution in [2.45, 2.75) is 24.2 Å². The van der Waals surface area contributed by atoms with Gasteiger partial charge in [0.1, 0.15) is 11.6 Å². The molecule has 0 spiro atoms. The van der Waals surface area contributed by atoms with Crippen LogP contribution in [0.25, 0.3) is 0 Å². The number of sulfonamides is 1. The van der Waals surface area contributed by atoms with Crippen molar-refractivity contribution in [3.05, 3.63) is 59.9 Å². The van der Waals surface area contributed by atoms with E-state index in [2.05, 4.69) is 0 Å². The topological polar surface area (TPSA) is 46.6 Å². The molecule has 2 aromatic rings.